The van der Waals surface area contributed by atoms with Gasteiger partial charge in [0, 0.05) is 16.3 Å². The van der Waals surface area contributed by atoms with Crippen molar-refractivity contribution >= 4 is 17.2 Å². The zero-order valence-electron chi connectivity index (χ0n) is 13.3. The highest BCUT2D eigenvalue weighted by Gasteiger charge is 2.20. The highest BCUT2D eigenvalue weighted by molar-refractivity contribution is 7.15. The van der Waals surface area contributed by atoms with Gasteiger partial charge in [-0.05, 0) is 61.3 Å². The van der Waals surface area contributed by atoms with Crippen LogP contribution in [0, 0.1) is 5.92 Å². The number of carbonyl (C=O) groups is 1. The van der Waals surface area contributed by atoms with Gasteiger partial charge in [0.2, 0.25) is 5.91 Å². The predicted octanol–water partition coefficient (Wildman–Crippen LogP) is 3.04. The van der Waals surface area contributed by atoms with Crippen LogP contribution in [0.1, 0.15) is 17.7 Å². The van der Waals surface area contributed by atoms with Crippen LogP contribution in [0.4, 0.5) is 0 Å². The van der Waals surface area contributed by atoms with E-state index in [1.807, 2.05) is 12.1 Å². The molecule has 1 aromatic heterocycles. The molecule has 2 heterocycles. The third kappa shape index (κ3) is 4.12. The van der Waals surface area contributed by atoms with Crippen molar-refractivity contribution in [2.45, 2.75) is 19.4 Å². The number of hydrogen-bond acceptors (Lipinski definition) is 4. The molecule has 122 valence electrons. The van der Waals surface area contributed by atoms with E-state index in [-0.39, 0.29) is 11.8 Å². The van der Waals surface area contributed by atoms with Gasteiger partial charge in [0.05, 0.1) is 19.6 Å². The molecule has 1 unspecified atom stereocenters. The molecule has 1 saturated heterocycles. The van der Waals surface area contributed by atoms with Crippen molar-refractivity contribution in [3.05, 3.63) is 41.3 Å². The highest BCUT2D eigenvalue weighted by atomic mass is 32.1. The quantitative estimate of drug-likeness (QED) is 0.886. The second-order valence-corrected chi connectivity index (χ2v) is 6.92. The molecule has 0 radical (unpaired) electrons. The normalized spacial score (nSPS) is 17.7. The van der Waals surface area contributed by atoms with E-state index in [1.165, 1.54) is 15.3 Å². The van der Waals surface area contributed by atoms with Gasteiger partial charge in [-0.15, -0.1) is 11.3 Å². The second kappa shape index (κ2) is 7.62. The number of piperidine rings is 1. The molecule has 23 heavy (non-hydrogen) atoms. The molecule has 1 aliphatic heterocycles. The Hall–Kier alpha value is -1.85. The lowest BCUT2D eigenvalue weighted by Crippen LogP contribution is -2.40. The molecule has 0 saturated carbocycles. The maximum atomic E-state index is 12.2. The molecule has 1 fully saturated rings. The Labute approximate surface area is 140 Å². The first-order valence-electron chi connectivity index (χ1n) is 7.98. The Bertz CT molecular complexity index is 645. The van der Waals surface area contributed by atoms with Gasteiger partial charge in [-0.25, -0.2) is 0 Å². The molecule has 3 rings (SSSR count). The lowest BCUT2D eigenvalue weighted by molar-refractivity contribution is -0.125. The van der Waals surface area contributed by atoms with Crippen LogP contribution in [0.15, 0.2) is 36.4 Å². The molecule has 4 nitrogen and oxygen atoms in total. The largest absolute Gasteiger partial charge is 0.497 e. The van der Waals surface area contributed by atoms with Crippen LogP contribution in [0.25, 0.3) is 10.4 Å². The van der Waals surface area contributed by atoms with E-state index in [4.69, 9.17) is 4.74 Å². The van der Waals surface area contributed by atoms with Crippen molar-refractivity contribution in [1.82, 2.24) is 10.6 Å². The van der Waals surface area contributed by atoms with Gasteiger partial charge in [-0.3, -0.25) is 4.79 Å². The summed E-state index contributed by atoms with van der Waals surface area (Å²) in [5, 5.41) is 6.34. The fourth-order valence-electron chi connectivity index (χ4n) is 2.78. The first-order chi connectivity index (χ1) is 11.3. The molecular weight excluding hydrogens is 308 g/mol. The van der Waals surface area contributed by atoms with Crippen LogP contribution in [-0.2, 0) is 11.3 Å². The summed E-state index contributed by atoms with van der Waals surface area (Å²) in [7, 11) is 1.67. The Balaban J connectivity index is 1.57. The molecule has 2 aromatic rings. The maximum absolute atomic E-state index is 12.2. The summed E-state index contributed by atoms with van der Waals surface area (Å²) in [6, 6.07) is 12.2. The minimum absolute atomic E-state index is 0.116. The number of hydrogen-bond donors (Lipinski definition) is 2. The van der Waals surface area contributed by atoms with E-state index in [2.05, 4.69) is 34.9 Å². The summed E-state index contributed by atoms with van der Waals surface area (Å²) < 4.78 is 5.18. The van der Waals surface area contributed by atoms with Gasteiger partial charge in [-0.2, -0.15) is 0 Å². The summed E-state index contributed by atoms with van der Waals surface area (Å²) >= 11 is 1.72. The van der Waals surface area contributed by atoms with Crippen LogP contribution in [0.3, 0.4) is 0 Å². The van der Waals surface area contributed by atoms with Crippen molar-refractivity contribution in [3.8, 4) is 16.2 Å². The van der Waals surface area contributed by atoms with Crippen LogP contribution in [0.2, 0.25) is 0 Å². The molecular formula is C18H22N2O2S. The van der Waals surface area contributed by atoms with Gasteiger partial charge in [0.15, 0.2) is 0 Å². The van der Waals surface area contributed by atoms with Gasteiger partial charge in [0.25, 0.3) is 0 Å². The predicted molar refractivity (Wildman–Crippen MR) is 93.7 cm³/mol. The van der Waals surface area contributed by atoms with Crippen molar-refractivity contribution in [3.63, 3.8) is 0 Å². The number of amides is 1. The standard InChI is InChI=1S/C18H22N2O2S/c1-22-15-6-4-13(5-7-15)17-9-8-16(23-17)12-20-18(21)14-3-2-10-19-11-14/h4-9,14,19H,2-3,10-12H2,1H3,(H,20,21). The highest BCUT2D eigenvalue weighted by Crippen LogP contribution is 2.29. The minimum atomic E-state index is 0.116. The maximum Gasteiger partial charge on any atom is 0.224 e. The molecule has 5 heteroatoms. The molecule has 0 spiro atoms. The van der Waals surface area contributed by atoms with E-state index in [0.29, 0.717) is 6.54 Å². The van der Waals surface area contributed by atoms with Crippen molar-refractivity contribution in [2.75, 3.05) is 20.2 Å². The van der Waals surface area contributed by atoms with Crippen LogP contribution in [-0.4, -0.2) is 26.1 Å². The third-order valence-electron chi connectivity index (χ3n) is 4.14. The summed E-state index contributed by atoms with van der Waals surface area (Å²) in [5.41, 5.74) is 1.17. The smallest absolute Gasteiger partial charge is 0.224 e. The zero-order chi connectivity index (χ0) is 16.1. The van der Waals surface area contributed by atoms with E-state index >= 15 is 0 Å². The zero-order valence-corrected chi connectivity index (χ0v) is 14.1. The average molecular weight is 330 g/mol. The van der Waals surface area contributed by atoms with Crippen molar-refractivity contribution in [1.29, 1.82) is 0 Å². The number of methoxy groups -OCH3 is 1. The number of rotatable bonds is 5. The van der Waals surface area contributed by atoms with Gasteiger partial charge in [-0.1, -0.05) is 0 Å². The molecule has 1 aliphatic rings. The molecule has 1 aromatic carbocycles. The first-order valence-corrected chi connectivity index (χ1v) is 8.79. The Morgan fingerprint density at radius 2 is 2.13 bits per heavy atom. The van der Waals surface area contributed by atoms with Crippen molar-refractivity contribution < 1.29 is 9.53 Å². The Morgan fingerprint density at radius 3 is 2.83 bits per heavy atom. The Morgan fingerprint density at radius 1 is 1.30 bits per heavy atom. The fourth-order valence-corrected chi connectivity index (χ4v) is 3.73. The van der Waals surface area contributed by atoms with E-state index in [1.54, 1.807) is 18.4 Å². The lowest BCUT2D eigenvalue weighted by Gasteiger charge is -2.21. The van der Waals surface area contributed by atoms with Crippen LogP contribution >= 0.6 is 11.3 Å². The molecule has 2 N–H and O–H groups in total. The average Bonchev–Trinajstić information content (AvgIpc) is 3.09. The van der Waals surface area contributed by atoms with Gasteiger partial charge < -0.3 is 15.4 Å². The Kier molecular flexibility index (Phi) is 5.31. The third-order valence-corrected chi connectivity index (χ3v) is 5.28. The number of nitrogens with one attached hydrogen (secondary N) is 2. The van der Waals surface area contributed by atoms with E-state index in [9.17, 15) is 4.79 Å². The molecule has 0 aliphatic carbocycles. The number of benzene rings is 1. The summed E-state index contributed by atoms with van der Waals surface area (Å²) in [4.78, 5) is 14.5. The second-order valence-electron chi connectivity index (χ2n) is 5.76. The summed E-state index contributed by atoms with van der Waals surface area (Å²) in [5.74, 6) is 1.14. The fraction of sp³-hybridized carbons (Fsp3) is 0.389. The van der Waals surface area contributed by atoms with Gasteiger partial charge >= 0.3 is 0 Å². The molecule has 1 atom stereocenters. The number of ether oxygens (including phenoxy) is 1. The van der Waals surface area contributed by atoms with E-state index < -0.39 is 0 Å². The van der Waals surface area contributed by atoms with Crippen molar-refractivity contribution in [2.24, 2.45) is 5.92 Å². The SMILES string of the molecule is COc1ccc(-c2ccc(CNC(=O)C3CCCNC3)s2)cc1. The molecule has 1 amide bonds. The van der Waals surface area contributed by atoms with Crippen LogP contribution < -0.4 is 15.4 Å². The summed E-state index contributed by atoms with van der Waals surface area (Å²) in [6.45, 7) is 2.43. The monoisotopic (exact) mass is 330 g/mol. The number of carbonyl (C=O) groups excluding carboxylic acids is 1. The van der Waals surface area contributed by atoms with Crippen LogP contribution in [0.5, 0.6) is 5.75 Å². The minimum Gasteiger partial charge on any atom is -0.497 e. The summed E-state index contributed by atoms with van der Waals surface area (Å²) in [6.07, 6.45) is 2.07. The number of thiophene rings is 1. The topological polar surface area (TPSA) is 50.4 Å². The van der Waals surface area contributed by atoms with E-state index in [0.717, 1.165) is 31.7 Å². The molecule has 0 bridgehead atoms. The van der Waals surface area contributed by atoms with Gasteiger partial charge in [0.1, 0.15) is 5.75 Å². The lowest BCUT2D eigenvalue weighted by atomic mass is 9.99. The first kappa shape index (κ1) is 16.0.